The molecule has 4 heterocycles. The van der Waals surface area contributed by atoms with Crippen LogP contribution in [0, 0.1) is 0 Å². The highest BCUT2D eigenvalue weighted by atomic mass is 32.1. The van der Waals surface area contributed by atoms with E-state index in [1.54, 1.807) is 23.7 Å². The van der Waals surface area contributed by atoms with Crippen molar-refractivity contribution in [3.05, 3.63) is 71.9 Å². The van der Waals surface area contributed by atoms with E-state index in [-0.39, 0.29) is 0 Å². The maximum Gasteiger partial charge on any atom is 0.231 e. The second-order valence-electron chi connectivity index (χ2n) is 8.08. The summed E-state index contributed by atoms with van der Waals surface area (Å²) in [4.78, 5) is 19.0. The van der Waals surface area contributed by atoms with Crippen LogP contribution in [0.2, 0.25) is 0 Å². The van der Waals surface area contributed by atoms with Gasteiger partial charge in [-0.2, -0.15) is 0 Å². The van der Waals surface area contributed by atoms with Crippen molar-refractivity contribution in [2.45, 2.75) is 6.54 Å². The highest BCUT2D eigenvalue weighted by Gasteiger charge is 2.23. The fraction of sp³-hybridized carbons (Fsp3) is 0.240. The lowest BCUT2D eigenvalue weighted by molar-refractivity contribution is 0.174. The summed E-state index contributed by atoms with van der Waals surface area (Å²) in [6.45, 7) is 4.91. The minimum absolute atomic E-state index is 0.309. The molecule has 33 heavy (non-hydrogen) atoms. The van der Waals surface area contributed by atoms with E-state index >= 15 is 0 Å². The van der Waals surface area contributed by atoms with Crippen LogP contribution in [0.4, 0.5) is 5.82 Å². The van der Waals surface area contributed by atoms with Gasteiger partial charge in [-0.15, -0.1) is 11.3 Å². The molecule has 0 bridgehead atoms. The lowest BCUT2D eigenvalue weighted by atomic mass is 10.1. The molecule has 6 rings (SSSR count). The zero-order valence-electron chi connectivity index (χ0n) is 18.1. The number of aromatic nitrogens is 3. The molecule has 1 fully saturated rings. The zero-order chi connectivity index (χ0) is 22.0. The molecule has 1 saturated heterocycles. The van der Waals surface area contributed by atoms with Crippen LogP contribution >= 0.6 is 11.3 Å². The largest absolute Gasteiger partial charge is 0.454 e. The molecule has 8 heteroatoms. The third kappa shape index (κ3) is 4.15. The van der Waals surface area contributed by atoms with Gasteiger partial charge < -0.3 is 14.4 Å². The van der Waals surface area contributed by atoms with Gasteiger partial charge in [-0.25, -0.2) is 15.0 Å². The number of hydrogen-bond acceptors (Lipinski definition) is 8. The van der Waals surface area contributed by atoms with Crippen LogP contribution in [0.3, 0.4) is 0 Å². The van der Waals surface area contributed by atoms with Gasteiger partial charge in [0.25, 0.3) is 0 Å². The Kier molecular flexibility index (Phi) is 5.37. The van der Waals surface area contributed by atoms with Gasteiger partial charge in [0.2, 0.25) is 6.79 Å². The summed E-state index contributed by atoms with van der Waals surface area (Å²) >= 11 is 1.61. The van der Waals surface area contributed by atoms with Crippen molar-refractivity contribution in [3.8, 4) is 33.5 Å². The van der Waals surface area contributed by atoms with E-state index in [1.165, 1.54) is 5.56 Å². The molecule has 2 aliphatic heterocycles. The summed E-state index contributed by atoms with van der Waals surface area (Å²) in [6.07, 6.45) is 3.52. The van der Waals surface area contributed by atoms with Crippen LogP contribution in [-0.4, -0.2) is 52.8 Å². The zero-order valence-corrected chi connectivity index (χ0v) is 18.9. The maximum atomic E-state index is 5.52. The first-order valence-corrected chi connectivity index (χ1v) is 11.9. The molecule has 0 amide bonds. The number of fused-ring (bicyclic) bond motifs is 1. The number of thiazole rings is 1. The Morgan fingerprint density at radius 1 is 0.879 bits per heavy atom. The van der Waals surface area contributed by atoms with Crippen LogP contribution in [0.1, 0.15) is 5.56 Å². The third-order valence-corrected chi connectivity index (χ3v) is 6.82. The molecule has 2 aliphatic rings. The number of anilines is 1. The molecule has 2 aromatic heterocycles. The van der Waals surface area contributed by atoms with Crippen LogP contribution in [0.5, 0.6) is 11.5 Å². The minimum Gasteiger partial charge on any atom is -0.454 e. The molecule has 0 aliphatic carbocycles. The number of benzene rings is 2. The van der Waals surface area contributed by atoms with Crippen molar-refractivity contribution in [2.75, 3.05) is 37.9 Å². The minimum atomic E-state index is 0.309. The van der Waals surface area contributed by atoms with Crippen LogP contribution < -0.4 is 14.4 Å². The van der Waals surface area contributed by atoms with E-state index in [0.29, 0.717) is 6.79 Å². The smallest absolute Gasteiger partial charge is 0.231 e. The molecule has 166 valence electrons. The van der Waals surface area contributed by atoms with Gasteiger partial charge >= 0.3 is 0 Å². The van der Waals surface area contributed by atoms with Crippen LogP contribution in [0.25, 0.3) is 22.0 Å². The molecule has 0 saturated carbocycles. The predicted octanol–water partition coefficient (Wildman–Crippen LogP) is 4.32. The molecule has 0 radical (unpaired) electrons. The fourth-order valence-electron chi connectivity index (χ4n) is 4.25. The van der Waals surface area contributed by atoms with Crippen molar-refractivity contribution in [1.29, 1.82) is 0 Å². The van der Waals surface area contributed by atoms with Gasteiger partial charge in [0, 0.05) is 56.1 Å². The molecule has 4 aromatic rings. The highest BCUT2D eigenvalue weighted by molar-refractivity contribution is 7.13. The number of nitrogens with zero attached hydrogens (tertiary/aromatic N) is 5. The molecular formula is C25H23N5O2S. The summed E-state index contributed by atoms with van der Waals surface area (Å²) in [7, 11) is 0. The molecule has 0 N–H and O–H groups in total. The van der Waals surface area contributed by atoms with Crippen molar-refractivity contribution < 1.29 is 9.47 Å². The highest BCUT2D eigenvalue weighted by Crippen LogP contribution is 2.34. The second kappa shape index (κ2) is 8.80. The Morgan fingerprint density at radius 2 is 1.70 bits per heavy atom. The summed E-state index contributed by atoms with van der Waals surface area (Å²) in [5.74, 6) is 2.58. The van der Waals surface area contributed by atoms with E-state index in [1.807, 2.05) is 24.3 Å². The number of piperazine rings is 1. The van der Waals surface area contributed by atoms with Crippen LogP contribution in [-0.2, 0) is 6.54 Å². The average Bonchev–Trinajstić information content (AvgIpc) is 3.55. The molecular weight excluding hydrogens is 434 g/mol. The van der Waals surface area contributed by atoms with Crippen molar-refractivity contribution in [2.24, 2.45) is 0 Å². The van der Waals surface area contributed by atoms with Gasteiger partial charge in [0.15, 0.2) is 17.3 Å². The van der Waals surface area contributed by atoms with Gasteiger partial charge in [-0.1, -0.05) is 36.4 Å². The Bertz CT molecular complexity index is 1250. The standard InChI is InChI=1S/C25H23N5O2S/c1-2-4-19(5-3-1)20-16-33-25(28-20)23-24(27-9-8-26-23)30-12-10-29(11-13-30)15-18-6-7-21-22(14-18)32-17-31-21/h1-9,14,16H,10-13,15,17H2. The lowest BCUT2D eigenvalue weighted by Crippen LogP contribution is -2.46. The lowest BCUT2D eigenvalue weighted by Gasteiger charge is -2.35. The summed E-state index contributed by atoms with van der Waals surface area (Å²) in [6, 6.07) is 16.4. The van der Waals surface area contributed by atoms with E-state index in [9.17, 15) is 0 Å². The molecule has 7 nitrogen and oxygen atoms in total. The van der Waals surface area contributed by atoms with Crippen molar-refractivity contribution >= 4 is 17.2 Å². The molecule has 0 spiro atoms. The van der Waals surface area contributed by atoms with Gasteiger partial charge in [0.1, 0.15) is 10.7 Å². The molecule has 0 atom stereocenters. The Hall–Kier alpha value is -3.49. The summed E-state index contributed by atoms with van der Waals surface area (Å²) < 4.78 is 10.9. The fourth-order valence-corrected chi connectivity index (χ4v) is 5.07. The number of ether oxygens (including phenoxy) is 2. The first kappa shape index (κ1) is 20.1. The first-order chi connectivity index (χ1) is 16.3. The van der Waals surface area contributed by atoms with E-state index in [0.717, 1.165) is 72.0 Å². The normalized spacial score (nSPS) is 15.7. The Labute approximate surface area is 196 Å². The van der Waals surface area contributed by atoms with Gasteiger partial charge in [-0.05, 0) is 17.7 Å². The second-order valence-corrected chi connectivity index (χ2v) is 8.94. The monoisotopic (exact) mass is 457 g/mol. The van der Waals surface area contributed by atoms with E-state index in [4.69, 9.17) is 19.4 Å². The van der Waals surface area contributed by atoms with Crippen LogP contribution in [0.15, 0.2) is 66.3 Å². The van der Waals surface area contributed by atoms with Gasteiger partial charge in [-0.3, -0.25) is 4.90 Å². The molecule has 0 unspecified atom stereocenters. The number of hydrogen-bond donors (Lipinski definition) is 0. The van der Waals surface area contributed by atoms with E-state index < -0.39 is 0 Å². The summed E-state index contributed by atoms with van der Waals surface area (Å²) in [5.41, 5.74) is 4.18. The maximum absolute atomic E-state index is 5.52. The SMILES string of the molecule is c1ccc(-c2csc(-c3nccnc3N3CCN(Cc4ccc5c(c4)OCO5)CC3)n2)cc1. The number of rotatable bonds is 5. The van der Waals surface area contributed by atoms with Crippen molar-refractivity contribution in [3.63, 3.8) is 0 Å². The third-order valence-electron chi connectivity index (χ3n) is 5.97. The van der Waals surface area contributed by atoms with Gasteiger partial charge in [0.05, 0.1) is 5.69 Å². The first-order valence-electron chi connectivity index (χ1n) is 11.0. The quantitative estimate of drug-likeness (QED) is 0.442. The van der Waals surface area contributed by atoms with E-state index in [2.05, 4.69) is 44.4 Å². The topological polar surface area (TPSA) is 63.6 Å². The Morgan fingerprint density at radius 3 is 2.58 bits per heavy atom. The predicted molar refractivity (Wildman–Crippen MR) is 129 cm³/mol. The average molecular weight is 458 g/mol. The molecule has 2 aromatic carbocycles. The Balaban J connectivity index is 1.16. The summed E-state index contributed by atoms with van der Waals surface area (Å²) in [5, 5.41) is 2.99. The van der Waals surface area contributed by atoms with Crippen molar-refractivity contribution in [1.82, 2.24) is 19.9 Å².